The second kappa shape index (κ2) is 11.2. The van der Waals surface area contributed by atoms with Crippen molar-refractivity contribution in [2.24, 2.45) is 0 Å². The summed E-state index contributed by atoms with van der Waals surface area (Å²) in [6.45, 7) is 7.34. The van der Waals surface area contributed by atoms with E-state index in [9.17, 15) is 0 Å². The summed E-state index contributed by atoms with van der Waals surface area (Å²) in [5.41, 5.74) is 6.73. The molecule has 5 aromatic carbocycles. The van der Waals surface area contributed by atoms with Gasteiger partial charge in [0, 0.05) is 46.4 Å². The Bertz CT molecular complexity index is 2530. The van der Waals surface area contributed by atoms with Crippen molar-refractivity contribution in [2.75, 3.05) is 16.5 Å². The lowest BCUT2D eigenvalue weighted by Gasteiger charge is -2.22. The molecule has 0 atom stereocenters. The summed E-state index contributed by atoms with van der Waals surface area (Å²) in [4.78, 5) is 14.3. The molecule has 1 aliphatic heterocycles. The number of hydrogen-bond donors (Lipinski definition) is 0. The summed E-state index contributed by atoms with van der Waals surface area (Å²) in [5.74, 6) is 3.36. The van der Waals surface area contributed by atoms with E-state index in [2.05, 4.69) is 156 Å². The number of hydrogen-bond acceptors (Lipinski definition) is 5. The summed E-state index contributed by atoms with van der Waals surface area (Å²) >= 11 is 0. The molecule has 0 fully saturated rings. The minimum atomic E-state index is 0.00854. The fraction of sp³-hybridized carbons (Fsp3) is 0.116. The van der Waals surface area contributed by atoms with E-state index in [1.165, 1.54) is 16.3 Å². The molecule has 0 bridgehead atoms. The Balaban J connectivity index is 1.07. The van der Waals surface area contributed by atoms with Crippen LogP contribution in [0.4, 0.5) is 22.9 Å². The quantitative estimate of drug-likeness (QED) is 0.188. The van der Waals surface area contributed by atoms with Crippen LogP contribution in [0, 0.1) is 0 Å². The first-order valence-electron chi connectivity index (χ1n) is 16.7. The Labute approximate surface area is 285 Å². The van der Waals surface area contributed by atoms with Gasteiger partial charge in [-0.2, -0.15) is 0 Å². The molecule has 49 heavy (non-hydrogen) atoms. The first-order chi connectivity index (χ1) is 23.9. The van der Waals surface area contributed by atoms with Gasteiger partial charge in [-0.15, -0.1) is 0 Å². The average molecular weight is 638 g/mol. The molecule has 0 radical (unpaired) electrons. The number of benzene rings is 5. The lowest BCUT2D eigenvalue weighted by Crippen LogP contribution is -2.24. The van der Waals surface area contributed by atoms with Crippen molar-refractivity contribution in [3.8, 4) is 17.3 Å². The Kier molecular flexibility index (Phi) is 6.66. The van der Waals surface area contributed by atoms with Gasteiger partial charge in [0.2, 0.25) is 0 Å². The van der Waals surface area contributed by atoms with Crippen LogP contribution in [-0.2, 0) is 5.41 Å². The van der Waals surface area contributed by atoms with Gasteiger partial charge < -0.3 is 14.5 Å². The molecule has 0 saturated heterocycles. The van der Waals surface area contributed by atoms with Crippen LogP contribution in [0.15, 0.2) is 146 Å². The average Bonchev–Trinajstić information content (AvgIpc) is 3.67. The number of rotatable bonds is 5. The van der Waals surface area contributed by atoms with Gasteiger partial charge in [0.25, 0.3) is 0 Å². The summed E-state index contributed by atoms with van der Waals surface area (Å²) in [7, 11) is 0. The zero-order valence-corrected chi connectivity index (χ0v) is 27.7. The van der Waals surface area contributed by atoms with Crippen LogP contribution in [0.5, 0.6) is 11.5 Å². The fourth-order valence-electron chi connectivity index (χ4n) is 6.97. The molecule has 4 heterocycles. The molecule has 6 nitrogen and oxygen atoms in total. The maximum absolute atomic E-state index is 6.61. The molecule has 0 amide bonds. The molecule has 3 aromatic heterocycles. The number of anilines is 4. The molecule has 1 aliphatic rings. The zero-order chi connectivity index (χ0) is 33.1. The summed E-state index contributed by atoms with van der Waals surface area (Å²) < 4.78 is 8.86. The van der Waals surface area contributed by atoms with E-state index in [0.717, 1.165) is 62.0 Å². The highest BCUT2D eigenvalue weighted by Gasteiger charge is 2.29. The molecule has 6 heteroatoms. The minimum Gasteiger partial charge on any atom is -0.457 e. The maximum Gasteiger partial charge on any atom is 0.137 e. The van der Waals surface area contributed by atoms with Gasteiger partial charge in [-0.1, -0.05) is 81.4 Å². The smallest absolute Gasteiger partial charge is 0.137 e. The van der Waals surface area contributed by atoms with Crippen LogP contribution in [-0.4, -0.2) is 21.2 Å². The number of para-hydroxylation sites is 3. The van der Waals surface area contributed by atoms with Crippen LogP contribution >= 0.6 is 0 Å². The van der Waals surface area contributed by atoms with E-state index in [0.29, 0.717) is 6.67 Å². The van der Waals surface area contributed by atoms with Crippen molar-refractivity contribution in [2.45, 2.75) is 26.2 Å². The summed E-state index contributed by atoms with van der Waals surface area (Å²) in [6.07, 6.45) is 3.87. The Hall–Kier alpha value is -6.14. The molecule has 0 aliphatic carbocycles. The van der Waals surface area contributed by atoms with E-state index in [-0.39, 0.29) is 5.41 Å². The minimum absolute atomic E-state index is 0.00854. The number of pyridine rings is 2. The largest absolute Gasteiger partial charge is 0.457 e. The van der Waals surface area contributed by atoms with Crippen molar-refractivity contribution >= 4 is 55.5 Å². The van der Waals surface area contributed by atoms with E-state index in [1.54, 1.807) is 0 Å². The molecule has 9 rings (SSSR count). The molecule has 0 N–H and O–H groups in total. The van der Waals surface area contributed by atoms with E-state index < -0.39 is 0 Å². The first kappa shape index (κ1) is 29.0. The molecular formula is C43H35N5O. The van der Waals surface area contributed by atoms with Crippen LogP contribution in [0.25, 0.3) is 38.4 Å². The van der Waals surface area contributed by atoms with Crippen LogP contribution in [0.2, 0.25) is 0 Å². The van der Waals surface area contributed by atoms with E-state index in [4.69, 9.17) is 14.7 Å². The van der Waals surface area contributed by atoms with Crippen molar-refractivity contribution in [3.63, 3.8) is 0 Å². The normalized spacial score (nSPS) is 13.0. The van der Waals surface area contributed by atoms with E-state index in [1.807, 2.05) is 24.5 Å². The van der Waals surface area contributed by atoms with Gasteiger partial charge in [-0.05, 0) is 77.0 Å². The molecule has 0 spiro atoms. The van der Waals surface area contributed by atoms with Crippen LogP contribution < -0.4 is 14.5 Å². The summed E-state index contributed by atoms with van der Waals surface area (Å²) in [6, 6.07) is 46.5. The predicted molar refractivity (Wildman–Crippen MR) is 201 cm³/mol. The second-order valence-corrected chi connectivity index (χ2v) is 13.7. The van der Waals surface area contributed by atoms with Crippen LogP contribution in [0.3, 0.4) is 0 Å². The first-order valence-corrected chi connectivity index (χ1v) is 16.7. The molecule has 0 saturated carbocycles. The van der Waals surface area contributed by atoms with Crippen molar-refractivity contribution in [3.05, 3.63) is 151 Å². The molecule has 238 valence electrons. The number of aromatic nitrogens is 3. The van der Waals surface area contributed by atoms with Gasteiger partial charge in [0.15, 0.2) is 0 Å². The SMILES string of the molecule is CC(C)(C)c1ccnc(-n2c3ccccc3c3ccc(Oc4cccc(N5CN(c6cc7ccccc7cn6)c6ccccc65)c4)cc32)c1. The Morgan fingerprint density at radius 3 is 2.16 bits per heavy atom. The maximum atomic E-state index is 6.61. The third-order valence-corrected chi connectivity index (χ3v) is 9.49. The predicted octanol–water partition coefficient (Wildman–Crippen LogP) is 11.1. The highest BCUT2D eigenvalue weighted by molar-refractivity contribution is 6.09. The van der Waals surface area contributed by atoms with Gasteiger partial charge in [0.05, 0.1) is 22.4 Å². The molecule has 8 aromatic rings. The van der Waals surface area contributed by atoms with E-state index >= 15 is 0 Å². The molecular weight excluding hydrogens is 603 g/mol. The Morgan fingerprint density at radius 2 is 1.31 bits per heavy atom. The number of fused-ring (bicyclic) bond motifs is 5. The third-order valence-electron chi connectivity index (χ3n) is 9.49. The highest BCUT2D eigenvalue weighted by Crippen LogP contribution is 2.45. The van der Waals surface area contributed by atoms with Gasteiger partial charge in [-0.3, -0.25) is 4.57 Å². The van der Waals surface area contributed by atoms with Crippen molar-refractivity contribution in [1.82, 2.24) is 14.5 Å². The highest BCUT2D eigenvalue weighted by atomic mass is 16.5. The Morgan fingerprint density at radius 1 is 0.571 bits per heavy atom. The summed E-state index contributed by atoms with van der Waals surface area (Å²) in [5, 5.41) is 4.66. The monoisotopic (exact) mass is 637 g/mol. The zero-order valence-electron chi connectivity index (χ0n) is 27.7. The van der Waals surface area contributed by atoms with Crippen molar-refractivity contribution in [1.29, 1.82) is 0 Å². The van der Waals surface area contributed by atoms with Crippen LogP contribution in [0.1, 0.15) is 26.3 Å². The lowest BCUT2D eigenvalue weighted by atomic mass is 9.88. The number of nitrogens with zero attached hydrogens (tertiary/aromatic N) is 5. The lowest BCUT2D eigenvalue weighted by molar-refractivity contribution is 0.483. The third kappa shape index (κ3) is 5.04. The standard InChI is InChI=1S/C43H35N5O/c1-43(2,3)31-21-22-44-42(24-31)48-37-16-7-6-15-35(37)36-20-19-34(26-40(36)48)49-33-14-10-13-32(25-33)46-28-47(39-18-9-8-17-38(39)46)41-23-29-11-4-5-12-30(29)27-45-41/h4-27H,28H2,1-3H3. The topological polar surface area (TPSA) is 46.4 Å². The van der Waals surface area contributed by atoms with Crippen molar-refractivity contribution < 1.29 is 4.74 Å². The van der Waals surface area contributed by atoms with Gasteiger partial charge in [0.1, 0.15) is 29.8 Å². The molecule has 0 unspecified atom stereocenters. The fourth-order valence-corrected chi connectivity index (χ4v) is 6.97. The van der Waals surface area contributed by atoms with Gasteiger partial charge in [-0.25, -0.2) is 9.97 Å². The second-order valence-electron chi connectivity index (χ2n) is 13.7. The van der Waals surface area contributed by atoms with Gasteiger partial charge >= 0.3 is 0 Å². The number of ether oxygens (including phenoxy) is 1.